The molecule has 0 fully saturated rings. The summed E-state index contributed by atoms with van der Waals surface area (Å²) in [6, 6.07) is 20.2. The van der Waals surface area contributed by atoms with Crippen LogP contribution in [0.25, 0.3) is 11.8 Å². The van der Waals surface area contributed by atoms with Gasteiger partial charge in [-0.3, -0.25) is 9.59 Å². The van der Waals surface area contributed by atoms with Gasteiger partial charge < -0.3 is 24.1 Å². The topological polar surface area (TPSA) is 91.7 Å². The second-order valence-corrected chi connectivity index (χ2v) is 8.19. The minimum absolute atomic E-state index is 0.275. The number of nitrogens with one attached hydrogen (secondary N) is 1. The molecule has 0 radical (unpaired) electrons. The standard InChI is InChI=1S/C29H27N3O5/c1-20-17-32(19-30-20)24-8-6-9-25(16-24)36-18-23-7-4-5-10-26(23)31-29(34)14-12-22-11-13-27(35-3)28(15-22)37-21(2)33/h4-17,19H,18H2,1-3H3,(H,31,34)/b14-12+. The first-order valence-corrected chi connectivity index (χ1v) is 11.6. The number of carbonyl (C=O) groups excluding carboxylic acids is 2. The number of aromatic nitrogens is 2. The average molecular weight is 498 g/mol. The quantitative estimate of drug-likeness (QED) is 0.191. The third kappa shape index (κ3) is 6.85. The molecule has 3 aromatic carbocycles. The van der Waals surface area contributed by atoms with Crippen molar-refractivity contribution >= 4 is 23.6 Å². The zero-order valence-electron chi connectivity index (χ0n) is 20.8. The van der Waals surface area contributed by atoms with Crippen LogP contribution in [0.4, 0.5) is 5.69 Å². The van der Waals surface area contributed by atoms with Crippen LogP contribution in [0.2, 0.25) is 0 Å². The summed E-state index contributed by atoms with van der Waals surface area (Å²) >= 11 is 0. The highest BCUT2D eigenvalue weighted by Crippen LogP contribution is 2.29. The Labute approximate surface area is 215 Å². The van der Waals surface area contributed by atoms with E-state index in [9.17, 15) is 9.59 Å². The predicted molar refractivity (Wildman–Crippen MR) is 141 cm³/mol. The SMILES string of the molecule is COc1ccc(/C=C/C(=O)Nc2ccccc2COc2cccc(-n3cnc(C)c3)c2)cc1OC(C)=O. The molecule has 0 aliphatic heterocycles. The maximum absolute atomic E-state index is 12.6. The zero-order chi connectivity index (χ0) is 26.2. The first-order valence-electron chi connectivity index (χ1n) is 11.6. The molecule has 4 rings (SSSR count). The van der Waals surface area contributed by atoms with Crippen LogP contribution in [0, 0.1) is 6.92 Å². The van der Waals surface area contributed by atoms with Crippen molar-refractivity contribution in [2.24, 2.45) is 0 Å². The summed E-state index contributed by atoms with van der Waals surface area (Å²) in [6.07, 6.45) is 6.74. The molecular formula is C29H27N3O5. The molecule has 1 aromatic heterocycles. The van der Waals surface area contributed by atoms with E-state index >= 15 is 0 Å². The molecule has 0 saturated carbocycles. The molecule has 4 aromatic rings. The van der Waals surface area contributed by atoms with E-state index in [0.29, 0.717) is 22.7 Å². The van der Waals surface area contributed by atoms with Crippen LogP contribution in [0.5, 0.6) is 17.2 Å². The largest absolute Gasteiger partial charge is 0.493 e. The summed E-state index contributed by atoms with van der Waals surface area (Å²) in [7, 11) is 1.49. The minimum atomic E-state index is -0.459. The highest BCUT2D eigenvalue weighted by molar-refractivity contribution is 6.02. The summed E-state index contributed by atoms with van der Waals surface area (Å²) in [5.41, 5.74) is 4.03. The monoisotopic (exact) mass is 497 g/mol. The van der Waals surface area contributed by atoms with Crippen LogP contribution in [0.1, 0.15) is 23.7 Å². The normalized spacial score (nSPS) is 10.8. The first-order chi connectivity index (χ1) is 17.9. The van der Waals surface area contributed by atoms with Gasteiger partial charge in [0, 0.05) is 36.5 Å². The number of amides is 1. The van der Waals surface area contributed by atoms with Crippen LogP contribution in [0.15, 0.2) is 85.3 Å². The Morgan fingerprint density at radius 1 is 1.03 bits per heavy atom. The molecule has 8 nitrogen and oxygen atoms in total. The summed E-state index contributed by atoms with van der Waals surface area (Å²) in [6.45, 7) is 3.53. The van der Waals surface area contributed by atoms with E-state index in [4.69, 9.17) is 14.2 Å². The molecule has 0 atom stereocenters. The van der Waals surface area contributed by atoms with Crippen molar-refractivity contribution in [2.75, 3.05) is 12.4 Å². The number of methoxy groups -OCH3 is 1. The van der Waals surface area contributed by atoms with Gasteiger partial charge >= 0.3 is 5.97 Å². The molecule has 37 heavy (non-hydrogen) atoms. The Balaban J connectivity index is 1.42. The van der Waals surface area contributed by atoms with Gasteiger partial charge in [0.05, 0.1) is 24.8 Å². The van der Waals surface area contributed by atoms with Crippen LogP contribution >= 0.6 is 0 Å². The van der Waals surface area contributed by atoms with Crippen molar-refractivity contribution in [3.63, 3.8) is 0 Å². The Morgan fingerprint density at radius 2 is 1.86 bits per heavy atom. The lowest BCUT2D eigenvalue weighted by atomic mass is 10.1. The Kier molecular flexibility index (Phi) is 8.00. The number of nitrogens with zero attached hydrogens (tertiary/aromatic N) is 2. The van der Waals surface area contributed by atoms with Gasteiger partial charge in [0.15, 0.2) is 11.5 Å². The number of anilines is 1. The van der Waals surface area contributed by atoms with E-state index in [2.05, 4.69) is 10.3 Å². The Bertz CT molecular complexity index is 1440. The van der Waals surface area contributed by atoms with Gasteiger partial charge in [0.2, 0.25) is 5.91 Å². The van der Waals surface area contributed by atoms with Crippen LogP contribution in [-0.2, 0) is 16.2 Å². The van der Waals surface area contributed by atoms with E-state index in [-0.39, 0.29) is 18.3 Å². The second-order valence-electron chi connectivity index (χ2n) is 8.19. The fourth-order valence-electron chi connectivity index (χ4n) is 3.60. The minimum Gasteiger partial charge on any atom is -0.493 e. The number of benzene rings is 3. The van der Waals surface area contributed by atoms with Crippen LogP contribution in [-0.4, -0.2) is 28.5 Å². The Hall–Kier alpha value is -4.85. The number of hydrogen-bond donors (Lipinski definition) is 1. The third-order valence-corrected chi connectivity index (χ3v) is 5.37. The number of esters is 1. The molecule has 0 aliphatic carbocycles. The number of carbonyl (C=O) groups is 2. The van der Waals surface area contributed by atoms with Crippen molar-refractivity contribution in [3.8, 4) is 22.9 Å². The molecule has 0 aliphatic rings. The Morgan fingerprint density at radius 3 is 2.62 bits per heavy atom. The molecule has 0 unspecified atom stereocenters. The van der Waals surface area contributed by atoms with Gasteiger partial charge in [-0.05, 0) is 48.9 Å². The van der Waals surface area contributed by atoms with E-state index in [1.165, 1.54) is 20.1 Å². The summed E-state index contributed by atoms with van der Waals surface area (Å²) < 4.78 is 18.3. The molecule has 8 heteroatoms. The fraction of sp³-hybridized carbons (Fsp3) is 0.138. The zero-order valence-corrected chi connectivity index (χ0v) is 20.8. The van der Waals surface area contributed by atoms with Crippen molar-refractivity contribution in [3.05, 3.63) is 102 Å². The molecule has 0 saturated heterocycles. The number of aryl methyl sites for hydroxylation is 1. The third-order valence-electron chi connectivity index (χ3n) is 5.37. The maximum atomic E-state index is 12.6. The van der Waals surface area contributed by atoms with Crippen molar-refractivity contribution in [1.82, 2.24) is 9.55 Å². The number of hydrogen-bond acceptors (Lipinski definition) is 6. The van der Waals surface area contributed by atoms with Crippen molar-refractivity contribution in [1.29, 1.82) is 0 Å². The summed E-state index contributed by atoms with van der Waals surface area (Å²) in [5, 5.41) is 2.90. The summed E-state index contributed by atoms with van der Waals surface area (Å²) in [4.78, 5) is 28.3. The lowest BCUT2D eigenvalue weighted by Gasteiger charge is -2.12. The highest BCUT2D eigenvalue weighted by Gasteiger charge is 2.09. The lowest BCUT2D eigenvalue weighted by Crippen LogP contribution is -2.10. The van der Waals surface area contributed by atoms with Gasteiger partial charge in [-0.15, -0.1) is 0 Å². The molecule has 1 N–H and O–H groups in total. The summed E-state index contributed by atoms with van der Waals surface area (Å²) in [5.74, 6) is 0.644. The van der Waals surface area contributed by atoms with Crippen LogP contribution < -0.4 is 19.5 Å². The molecule has 188 valence electrons. The number of ether oxygens (including phenoxy) is 3. The molecule has 1 amide bonds. The molecular weight excluding hydrogens is 470 g/mol. The first kappa shape index (κ1) is 25.2. The molecule has 0 bridgehead atoms. The highest BCUT2D eigenvalue weighted by atomic mass is 16.6. The van der Waals surface area contributed by atoms with Crippen LogP contribution in [0.3, 0.4) is 0 Å². The molecule has 0 spiro atoms. The van der Waals surface area contributed by atoms with Crippen molar-refractivity contribution < 1.29 is 23.8 Å². The van der Waals surface area contributed by atoms with E-state index in [0.717, 1.165) is 16.9 Å². The van der Waals surface area contributed by atoms with Gasteiger partial charge in [-0.2, -0.15) is 0 Å². The number of rotatable bonds is 9. The van der Waals surface area contributed by atoms with Crippen molar-refractivity contribution in [2.45, 2.75) is 20.5 Å². The predicted octanol–water partition coefficient (Wildman–Crippen LogP) is 5.35. The van der Waals surface area contributed by atoms with E-state index < -0.39 is 5.97 Å². The number of imidazole rings is 1. The van der Waals surface area contributed by atoms with Gasteiger partial charge in [0.1, 0.15) is 12.4 Å². The van der Waals surface area contributed by atoms with Gasteiger partial charge in [-0.1, -0.05) is 30.3 Å². The number of para-hydroxylation sites is 1. The van der Waals surface area contributed by atoms with E-state index in [1.54, 1.807) is 30.6 Å². The smallest absolute Gasteiger partial charge is 0.308 e. The average Bonchev–Trinajstić information content (AvgIpc) is 3.33. The molecule has 1 heterocycles. The second kappa shape index (κ2) is 11.7. The fourth-order valence-corrected chi connectivity index (χ4v) is 3.60. The van der Waals surface area contributed by atoms with E-state index in [1.807, 2.05) is 66.2 Å². The van der Waals surface area contributed by atoms with Gasteiger partial charge in [0.25, 0.3) is 0 Å². The lowest BCUT2D eigenvalue weighted by molar-refractivity contribution is -0.132. The maximum Gasteiger partial charge on any atom is 0.308 e. The van der Waals surface area contributed by atoms with Gasteiger partial charge in [-0.25, -0.2) is 4.98 Å².